The van der Waals surface area contributed by atoms with E-state index in [0.717, 1.165) is 39.8 Å². The molecule has 0 amide bonds. The molecule has 33 heavy (non-hydrogen) atoms. The SMILES string of the molecule is CCF.CCc1c(C)cc(-c2cccc(-c3cccc(C4=CCC(CO)C=C4)c3)c2)cc1F. The zero-order valence-electron chi connectivity index (χ0n) is 19.6. The van der Waals surface area contributed by atoms with E-state index in [-0.39, 0.29) is 25.0 Å². The van der Waals surface area contributed by atoms with Crippen LogP contribution >= 0.6 is 0 Å². The van der Waals surface area contributed by atoms with Gasteiger partial charge in [0.1, 0.15) is 5.82 Å². The van der Waals surface area contributed by atoms with Crippen LogP contribution in [0, 0.1) is 18.7 Å². The lowest BCUT2D eigenvalue weighted by molar-refractivity contribution is 0.253. The summed E-state index contributed by atoms with van der Waals surface area (Å²) >= 11 is 0. The van der Waals surface area contributed by atoms with Crippen LogP contribution < -0.4 is 0 Å². The van der Waals surface area contributed by atoms with Gasteiger partial charge < -0.3 is 5.11 Å². The van der Waals surface area contributed by atoms with E-state index in [0.29, 0.717) is 6.42 Å². The van der Waals surface area contributed by atoms with Gasteiger partial charge in [-0.1, -0.05) is 67.6 Å². The summed E-state index contributed by atoms with van der Waals surface area (Å²) in [6, 6.07) is 20.5. The number of allylic oxidation sites excluding steroid dienone is 3. The highest BCUT2D eigenvalue weighted by Crippen LogP contribution is 2.31. The van der Waals surface area contributed by atoms with Crippen molar-refractivity contribution in [2.75, 3.05) is 13.3 Å². The van der Waals surface area contributed by atoms with Gasteiger partial charge in [0, 0.05) is 12.5 Å². The van der Waals surface area contributed by atoms with E-state index < -0.39 is 0 Å². The maximum absolute atomic E-state index is 14.5. The van der Waals surface area contributed by atoms with Crippen molar-refractivity contribution in [1.29, 1.82) is 0 Å². The molecular formula is C30H32F2O. The minimum Gasteiger partial charge on any atom is -0.396 e. The first-order valence-electron chi connectivity index (χ1n) is 11.6. The van der Waals surface area contributed by atoms with Crippen molar-refractivity contribution in [1.82, 2.24) is 0 Å². The molecule has 0 fully saturated rings. The number of benzene rings is 3. The first-order valence-corrected chi connectivity index (χ1v) is 11.6. The second-order valence-corrected chi connectivity index (χ2v) is 8.23. The Kier molecular flexibility index (Phi) is 8.73. The number of alkyl halides is 1. The molecule has 1 aliphatic rings. The molecule has 0 saturated carbocycles. The van der Waals surface area contributed by atoms with Gasteiger partial charge in [0.15, 0.2) is 0 Å². The lowest BCUT2D eigenvalue weighted by atomic mass is 9.91. The van der Waals surface area contributed by atoms with Crippen molar-refractivity contribution in [2.45, 2.75) is 33.6 Å². The molecule has 1 nitrogen and oxygen atoms in total. The molecule has 0 saturated heterocycles. The first-order chi connectivity index (χ1) is 16.0. The predicted molar refractivity (Wildman–Crippen MR) is 135 cm³/mol. The van der Waals surface area contributed by atoms with Crippen molar-refractivity contribution < 1.29 is 13.9 Å². The van der Waals surface area contributed by atoms with E-state index in [9.17, 15) is 13.9 Å². The quantitative estimate of drug-likeness (QED) is 0.421. The van der Waals surface area contributed by atoms with Crippen LogP contribution in [0.15, 0.2) is 78.9 Å². The molecule has 0 spiro atoms. The van der Waals surface area contributed by atoms with Gasteiger partial charge in [0.2, 0.25) is 0 Å². The number of aliphatic hydroxyl groups is 1. The Morgan fingerprint density at radius 3 is 1.97 bits per heavy atom. The van der Waals surface area contributed by atoms with E-state index in [1.807, 2.05) is 26.0 Å². The Morgan fingerprint density at radius 2 is 1.45 bits per heavy atom. The molecule has 3 aromatic rings. The zero-order valence-corrected chi connectivity index (χ0v) is 19.6. The van der Waals surface area contributed by atoms with Crippen LogP contribution in [0.3, 0.4) is 0 Å². The van der Waals surface area contributed by atoms with Gasteiger partial charge in [0.25, 0.3) is 0 Å². The second kappa shape index (κ2) is 11.7. The third-order valence-corrected chi connectivity index (χ3v) is 5.92. The van der Waals surface area contributed by atoms with Gasteiger partial charge >= 0.3 is 0 Å². The fourth-order valence-corrected chi connectivity index (χ4v) is 4.16. The summed E-state index contributed by atoms with van der Waals surface area (Å²) in [7, 11) is 0. The summed E-state index contributed by atoms with van der Waals surface area (Å²) in [5.41, 5.74) is 8.32. The van der Waals surface area contributed by atoms with E-state index in [1.54, 1.807) is 6.07 Å². The highest BCUT2D eigenvalue weighted by atomic mass is 19.1. The Labute approximate surface area is 196 Å². The Balaban J connectivity index is 0.000000968. The van der Waals surface area contributed by atoms with Gasteiger partial charge in [-0.05, 0) is 89.4 Å². The van der Waals surface area contributed by atoms with E-state index in [2.05, 4.69) is 60.7 Å². The summed E-state index contributed by atoms with van der Waals surface area (Å²) < 4.78 is 24.8. The highest BCUT2D eigenvalue weighted by molar-refractivity contribution is 5.80. The topological polar surface area (TPSA) is 20.2 Å². The van der Waals surface area contributed by atoms with E-state index >= 15 is 0 Å². The molecule has 3 aromatic carbocycles. The van der Waals surface area contributed by atoms with Gasteiger partial charge in [-0.2, -0.15) is 0 Å². The molecule has 0 aliphatic heterocycles. The lowest BCUT2D eigenvalue weighted by Gasteiger charge is -2.15. The molecule has 1 N–H and O–H groups in total. The van der Waals surface area contributed by atoms with Crippen molar-refractivity contribution in [3.63, 3.8) is 0 Å². The summed E-state index contributed by atoms with van der Waals surface area (Å²) in [5.74, 6) is 0.0914. The smallest absolute Gasteiger partial charge is 0.127 e. The van der Waals surface area contributed by atoms with Crippen molar-refractivity contribution in [3.8, 4) is 22.3 Å². The highest BCUT2D eigenvalue weighted by Gasteiger charge is 2.11. The fourth-order valence-electron chi connectivity index (χ4n) is 4.16. The average molecular weight is 447 g/mol. The molecule has 0 radical (unpaired) electrons. The van der Waals surface area contributed by atoms with E-state index in [1.165, 1.54) is 18.1 Å². The molecule has 172 valence electrons. The Morgan fingerprint density at radius 1 is 0.879 bits per heavy atom. The molecule has 0 heterocycles. The molecule has 0 aromatic heterocycles. The van der Waals surface area contributed by atoms with Crippen LogP contribution in [0.5, 0.6) is 0 Å². The van der Waals surface area contributed by atoms with Crippen LogP contribution in [0.2, 0.25) is 0 Å². The maximum Gasteiger partial charge on any atom is 0.127 e. The molecular weight excluding hydrogens is 414 g/mol. The lowest BCUT2D eigenvalue weighted by Crippen LogP contribution is -2.04. The molecule has 1 aliphatic carbocycles. The van der Waals surface area contributed by atoms with Gasteiger partial charge in [-0.25, -0.2) is 4.39 Å². The Hall–Kier alpha value is -3.04. The standard InChI is InChI=1S/C28H27FO.C2H5F/c1-3-27-19(2)14-26(17-28(27)29)25-9-5-8-24(16-25)23-7-4-6-22(15-23)21-12-10-20(18-30)11-13-21;1-2-3/h4-10,12-17,20,30H,3,11,18H2,1-2H3;2H2,1H3. The molecule has 1 unspecified atom stereocenters. The van der Waals surface area contributed by atoms with E-state index in [4.69, 9.17) is 0 Å². The van der Waals surface area contributed by atoms with Crippen molar-refractivity contribution >= 4 is 5.57 Å². The Bertz CT molecular complexity index is 1120. The molecule has 4 rings (SSSR count). The van der Waals surface area contributed by atoms with Crippen LogP contribution in [0.25, 0.3) is 27.8 Å². The molecule has 3 heteroatoms. The number of rotatable bonds is 5. The molecule has 1 atom stereocenters. The first kappa shape index (κ1) is 24.6. The van der Waals surface area contributed by atoms with Gasteiger partial charge in [0.05, 0.1) is 6.67 Å². The second-order valence-electron chi connectivity index (χ2n) is 8.23. The summed E-state index contributed by atoms with van der Waals surface area (Å²) in [6.45, 7) is 5.36. The summed E-state index contributed by atoms with van der Waals surface area (Å²) in [5, 5.41) is 9.32. The fraction of sp³-hybridized carbons (Fsp3) is 0.267. The van der Waals surface area contributed by atoms with Gasteiger partial charge in [-0.15, -0.1) is 0 Å². The average Bonchev–Trinajstić information content (AvgIpc) is 2.84. The summed E-state index contributed by atoms with van der Waals surface area (Å²) in [4.78, 5) is 0. The normalized spacial score (nSPS) is 15.0. The number of hydrogen-bond acceptors (Lipinski definition) is 1. The number of halogens is 2. The third-order valence-electron chi connectivity index (χ3n) is 5.92. The summed E-state index contributed by atoms with van der Waals surface area (Å²) in [6.07, 6.45) is 7.94. The minimum absolute atomic E-state index is 0.128. The predicted octanol–water partition coefficient (Wildman–Crippen LogP) is 7.96. The number of hydrogen-bond donors (Lipinski definition) is 1. The minimum atomic E-state index is -0.250. The maximum atomic E-state index is 14.5. The van der Waals surface area contributed by atoms with Crippen LogP contribution in [-0.4, -0.2) is 18.4 Å². The van der Waals surface area contributed by atoms with Crippen LogP contribution in [0.1, 0.15) is 37.0 Å². The third kappa shape index (κ3) is 6.06. The number of aliphatic hydroxyl groups excluding tert-OH is 1. The van der Waals surface area contributed by atoms with Crippen molar-refractivity contribution in [3.05, 3.63) is 101 Å². The van der Waals surface area contributed by atoms with Gasteiger partial charge in [-0.3, -0.25) is 4.39 Å². The molecule has 0 bridgehead atoms. The monoisotopic (exact) mass is 446 g/mol. The van der Waals surface area contributed by atoms with Crippen molar-refractivity contribution in [2.24, 2.45) is 5.92 Å². The van der Waals surface area contributed by atoms with Crippen LogP contribution in [0.4, 0.5) is 8.78 Å². The van der Waals surface area contributed by atoms with Crippen LogP contribution in [-0.2, 0) is 6.42 Å². The zero-order chi connectivity index (χ0) is 23.8. The largest absolute Gasteiger partial charge is 0.396 e. The number of aryl methyl sites for hydroxylation is 1.